The largest absolute Gasteiger partial charge is 0.391 e. The Bertz CT molecular complexity index is 326. The van der Waals surface area contributed by atoms with E-state index in [2.05, 4.69) is 15.5 Å². The fraction of sp³-hybridized carbons (Fsp3) is 0.727. The van der Waals surface area contributed by atoms with Crippen LogP contribution in [0.2, 0.25) is 0 Å². The van der Waals surface area contributed by atoms with E-state index in [-0.39, 0.29) is 18.9 Å². The maximum atomic E-state index is 12.4. The normalized spacial score (nSPS) is 26.1. The first-order chi connectivity index (χ1) is 8.05. The van der Waals surface area contributed by atoms with Crippen LogP contribution in [-0.2, 0) is 6.54 Å². The van der Waals surface area contributed by atoms with Gasteiger partial charge in [-0.25, -0.2) is 0 Å². The Kier molecular flexibility index (Phi) is 3.71. The molecule has 3 nitrogen and oxygen atoms in total. The molecule has 1 fully saturated rings. The quantitative estimate of drug-likeness (QED) is 0.862. The number of nitrogens with zero attached hydrogens (tertiary/aromatic N) is 1. The summed E-state index contributed by atoms with van der Waals surface area (Å²) in [6, 6.07) is 0.198. The van der Waals surface area contributed by atoms with Gasteiger partial charge in [-0.1, -0.05) is 0 Å². The summed E-state index contributed by atoms with van der Waals surface area (Å²) in [5.41, 5.74) is 1.03. The Hall–Kier alpha value is -1.04. The number of nitrogens with one attached hydrogen (secondary N) is 2. The summed E-state index contributed by atoms with van der Waals surface area (Å²) < 4.78 is 37.3. The first-order valence-electron chi connectivity index (χ1n) is 5.83. The number of hydrogen-bond donors (Lipinski definition) is 2. The average Bonchev–Trinajstić information content (AvgIpc) is 2.78. The van der Waals surface area contributed by atoms with Crippen LogP contribution < -0.4 is 5.32 Å². The molecule has 1 aromatic rings. The highest BCUT2D eigenvalue weighted by atomic mass is 19.4. The average molecular weight is 247 g/mol. The molecule has 2 rings (SSSR count). The minimum absolute atomic E-state index is 0.198. The number of H-pyrrole nitrogens is 1. The van der Waals surface area contributed by atoms with Gasteiger partial charge in [-0.3, -0.25) is 5.10 Å². The first-order valence-corrected chi connectivity index (χ1v) is 5.83. The van der Waals surface area contributed by atoms with E-state index >= 15 is 0 Å². The van der Waals surface area contributed by atoms with Gasteiger partial charge in [0, 0.05) is 24.3 Å². The van der Waals surface area contributed by atoms with E-state index in [1.54, 1.807) is 12.4 Å². The van der Waals surface area contributed by atoms with E-state index in [1.165, 1.54) is 0 Å². The van der Waals surface area contributed by atoms with Gasteiger partial charge in [0.15, 0.2) is 0 Å². The van der Waals surface area contributed by atoms with Crippen LogP contribution in [0.3, 0.4) is 0 Å². The molecule has 0 atom stereocenters. The van der Waals surface area contributed by atoms with Crippen LogP contribution in [0.4, 0.5) is 13.2 Å². The lowest BCUT2D eigenvalue weighted by Crippen LogP contribution is -2.36. The monoisotopic (exact) mass is 247 g/mol. The fourth-order valence-corrected chi connectivity index (χ4v) is 2.26. The summed E-state index contributed by atoms with van der Waals surface area (Å²) in [5.74, 6) is -1.10. The van der Waals surface area contributed by atoms with Crippen molar-refractivity contribution in [2.24, 2.45) is 5.92 Å². The smallest absolute Gasteiger partial charge is 0.310 e. The third kappa shape index (κ3) is 3.46. The second kappa shape index (κ2) is 5.08. The highest BCUT2D eigenvalue weighted by Crippen LogP contribution is 2.37. The van der Waals surface area contributed by atoms with E-state index < -0.39 is 12.1 Å². The number of rotatable bonds is 3. The number of halogens is 3. The predicted octanol–water partition coefficient (Wildman–Crippen LogP) is 2.62. The molecule has 1 aliphatic rings. The lowest BCUT2D eigenvalue weighted by atomic mass is 9.85. The molecule has 0 bridgehead atoms. The molecule has 0 spiro atoms. The molecule has 1 aliphatic carbocycles. The van der Waals surface area contributed by atoms with Crippen molar-refractivity contribution in [1.82, 2.24) is 15.5 Å². The molecule has 1 heterocycles. The van der Waals surface area contributed by atoms with Crippen LogP contribution in [0, 0.1) is 5.92 Å². The molecular formula is C11H16F3N3. The van der Waals surface area contributed by atoms with Crippen LogP contribution >= 0.6 is 0 Å². The molecule has 0 aromatic carbocycles. The standard InChI is InChI=1S/C11H16F3N3/c12-11(13,14)9-1-3-10(4-2-9)15-5-8-6-16-17-7-8/h6-7,9-10,15H,1-5H2,(H,16,17). The van der Waals surface area contributed by atoms with Crippen molar-refractivity contribution in [2.45, 2.75) is 44.4 Å². The van der Waals surface area contributed by atoms with Gasteiger partial charge in [-0.2, -0.15) is 18.3 Å². The van der Waals surface area contributed by atoms with E-state index in [0.29, 0.717) is 19.4 Å². The van der Waals surface area contributed by atoms with E-state index in [1.807, 2.05) is 0 Å². The third-order valence-corrected chi connectivity index (χ3v) is 3.34. The van der Waals surface area contributed by atoms with Crippen molar-refractivity contribution < 1.29 is 13.2 Å². The number of hydrogen-bond acceptors (Lipinski definition) is 2. The molecule has 0 amide bonds. The molecule has 0 unspecified atom stereocenters. The zero-order chi connectivity index (χ0) is 12.3. The molecule has 0 saturated heterocycles. The molecular weight excluding hydrogens is 231 g/mol. The number of aromatic nitrogens is 2. The highest BCUT2D eigenvalue weighted by molar-refractivity contribution is 5.02. The SMILES string of the molecule is FC(F)(F)C1CCC(NCc2cn[nH]c2)CC1. The van der Waals surface area contributed by atoms with Crippen molar-refractivity contribution in [3.8, 4) is 0 Å². The zero-order valence-corrected chi connectivity index (χ0v) is 9.43. The van der Waals surface area contributed by atoms with Gasteiger partial charge in [-0.15, -0.1) is 0 Å². The van der Waals surface area contributed by atoms with Crippen LogP contribution in [0.15, 0.2) is 12.4 Å². The van der Waals surface area contributed by atoms with E-state index in [9.17, 15) is 13.2 Å². The summed E-state index contributed by atoms with van der Waals surface area (Å²) in [6.45, 7) is 0.665. The minimum atomic E-state index is -4.02. The Balaban J connectivity index is 1.72. The van der Waals surface area contributed by atoms with Crippen molar-refractivity contribution in [2.75, 3.05) is 0 Å². The molecule has 1 aromatic heterocycles. The van der Waals surface area contributed by atoms with Gasteiger partial charge in [0.05, 0.1) is 12.1 Å². The lowest BCUT2D eigenvalue weighted by molar-refractivity contribution is -0.182. The van der Waals surface area contributed by atoms with Crippen molar-refractivity contribution >= 4 is 0 Å². The Morgan fingerprint density at radius 2 is 2.00 bits per heavy atom. The lowest BCUT2D eigenvalue weighted by Gasteiger charge is -2.30. The molecule has 0 radical (unpaired) electrons. The van der Waals surface area contributed by atoms with Gasteiger partial charge < -0.3 is 5.32 Å². The topological polar surface area (TPSA) is 40.7 Å². The van der Waals surface area contributed by atoms with Gasteiger partial charge >= 0.3 is 6.18 Å². The molecule has 96 valence electrons. The van der Waals surface area contributed by atoms with Gasteiger partial charge in [0.2, 0.25) is 0 Å². The Labute approximate surface area is 97.8 Å². The van der Waals surface area contributed by atoms with E-state index in [0.717, 1.165) is 5.56 Å². The molecule has 2 N–H and O–H groups in total. The van der Waals surface area contributed by atoms with Gasteiger partial charge in [0.25, 0.3) is 0 Å². The number of aromatic amines is 1. The summed E-state index contributed by atoms with van der Waals surface area (Å²) in [7, 11) is 0. The Morgan fingerprint density at radius 1 is 1.29 bits per heavy atom. The minimum Gasteiger partial charge on any atom is -0.310 e. The molecule has 0 aliphatic heterocycles. The zero-order valence-electron chi connectivity index (χ0n) is 9.43. The maximum absolute atomic E-state index is 12.4. The van der Waals surface area contributed by atoms with Gasteiger partial charge in [-0.05, 0) is 25.7 Å². The highest BCUT2D eigenvalue weighted by Gasteiger charge is 2.41. The first kappa shape index (κ1) is 12.4. The molecule has 17 heavy (non-hydrogen) atoms. The van der Waals surface area contributed by atoms with Crippen molar-refractivity contribution in [1.29, 1.82) is 0 Å². The summed E-state index contributed by atoms with van der Waals surface area (Å²) in [5, 5.41) is 9.79. The summed E-state index contributed by atoms with van der Waals surface area (Å²) in [4.78, 5) is 0. The van der Waals surface area contributed by atoms with Crippen molar-refractivity contribution in [3.05, 3.63) is 18.0 Å². The Morgan fingerprint density at radius 3 is 2.53 bits per heavy atom. The second-order valence-electron chi connectivity index (χ2n) is 4.58. The molecule has 6 heteroatoms. The van der Waals surface area contributed by atoms with Crippen molar-refractivity contribution in [3.63, 3.8) is 0 Å². The number of alkyl halides is 3. The summed E-state index contributed by atoms with van der Waals surface area (Å²) in [6.07, 6.45) is 1.17. The van der Waals surface area contributed by atoms with Gasteiger partial charge in [0.1, 0.15) is 0 Å². The van der Waals surface area contributed by atoms with Crippen LogP contribution in [0.1, 0.15) is 31.2 Å². The maximum Gasteiger partial charge on any atom is 0.391 e. The predicted molar refractivity (Wildman–Crippen MR) is 57.2 cm³/mol. The van der Waals surface area contributed by atoms with Crippen LogP contribution in [0.5, 0.6) is 0 Å². The summed E-state index contributed by atoms with van der Waals surface area (Å²) >= 11 is 0. The third-order valence-electron chi connectivity index (χ3n) is 3.34. The van der Waals surface area contributed by atoms with Crippen LogP contribution in [0.25, 0.3) is 0 Å². The van der Waals surface area contributed by atoms with Crippen LogP contribution in [-0.4, -0.2) is 22.4 Å². The fourth-order valence-electron chi connectivity index (χ4n) is 2.26. The second-order valence-corrected chi connectivity index (χ2v) is 4.58. The van der Waals surface area contributed by atoms with E-state index in [4.69, 9.17) is 0 Å². The molecule has 1 saturated carbocycles.